The Kier molecular flexibility index (Phi) is 11.2. The molecule has 0 fully saturated rings. The number of rotatable bonds is 14. The summed E-state index contributed by atoms with van der Waals surface area (Å²) in [6, 6.07) is 21.3. The zero-order valence-electron chi connectivity index (χ0n) is 28.2. The topological polar surface area (TPSA) is 219 Å². The van der Waals surface area contributed by atoms with Crippen molar-refractivity contribution < 1.29 is 14.0 Å². The molecule has 0 aliphatic carbocycles. The summed E-state index contributed by atoms with van der Waals surface area (Å²) in [5, 5.41) is 0. The van der Waals surface area contributed by atoms with Gasteiger partial charge in [0.1, 0.15) is 17.4 Å². The van der Waals surface area contributed by atoms with Gasteiger partial charge in [0, 0.05) is 13.1 Å². The molecular weight excluding hydrogens is 658 g/mol. The Morgan fingerprint density at radius 3 is 1.47 bits per heavy atom. The van der Waals surface area contributed by atoms with Crippen molar-refractivity contribution in [3.05, 3.63) is 138 Å². The number of nitrogen functional groups attached to an aromatic ring is 2. The van der Waals surface area contributed by atoms with Gasteiger partial charge in [0.15, 0.2) is 11.4 Å². The van der Waals surface area contributed by atoms with E-state index in [0.29, 0.717) is 5.76 Å². The van der Waals surface area contributed by atoms with Gasteiger partial charge in [0.05, 0.1) is 39.0 Å². The van der Waals surface area contributed by atoms with Gasteiger partial charge in [0.2, 0.25) is 11.8 Å². The van der Waals surface area contributed by atoms with Crippen LogP contribution in [0.5, 0.6) is 0 Å². The first-order chi connectivity index (χ1) is 24.5. The maximum Gasteiger partial charge on any atom is 0.330 e. The molecule has 266 valence electrons. The summed E-state index contributed by atoms with van der Waals surface area (Å²) >= 11 is 0. The van der Waals surface area contributed by atoms with E-state index < -0.39 is 47.4 Å². The Hall–Kier alpha value is -6.42. The number of amides is 2. The first-order valence-electron chi connectivity index (χ1n) is 16.2. The summed E-state index contributed by atoms with van der Waals surface area (Å²) in [5.74, 6) is -1.17. The number of carbonyl (C=O) groups is 2. The molecule has 0 radical (unpaired) electrons. The molecule has 6 N–H and O–H groups in total. The number of benzene rings is 2. The number of aromatic nitrogens is 4. The molecule has 16 heteroatoms. The fourth-order valence-corrected chi connectivity index (χ4v) is 5.78. The predicted octanol–water partition coefficient (Wildman–Crippen LogP) is 1.15. The summed E-state index contributed by atoms with van der Waals surface area (Å²) in [4.78, 5) is 87.9. The first-order valence-corrected chi connectivity index (χ1v) is 16.2. The second-order valence-corrected chi connectivity index (χ2v) is 11.6. The van der Waals surface area contributed by atoms with E-state index in [1.54, 1.807) is 74.5 Å². The maximum atomic E-state index is 13.9. The smallest absolute Gasteiger partial charge is 0.330 e. The Morgan fingerprint density at radius 1 is 0.667 bits per heavy atom. The van der Waals surface area contributed by atoms with Crippen LogP contribution in [-0.4, -0.2) is 62.0 Å². The van der Waals surface area contributed by atoms with Gasteiger partial charge < -0.3 is 25.7 Å². The zero-order chi connectivity index (χ0) is 36.7. The number of aromatic amines is 2. The fourth-order valence-electron chi connectivity index (χ4n) is 5.78. The Morgan fingerprint density at radius 2 is 1.10 bits per heavy atom. The maximum absolute atomic E-state index is 13.9. The van der Waals surface area contributed by atoms with Crippen LogP contribution in [0.1, 0.15) is 30.7 Å². The number of carbonyl (C=O) groups excluding carboxylic acids is 2. The Bertz CT molecular complexity index is 2080. The van der Waals surface area contributed by atoms with Gasteiger partial charge >= 0.3 is 11.4 Å². The quantitative estimate of drug-likeness (QED) is 0.130. The highest BCUT2D eigenvalue weighted by Gasteiger charge is 2.29. The number of nitrogens with two attached hydrogens (primary N) is 2. The number of nitrogens with one attached hydrogen (secondary N) is 2. The SMILES string of the molecule is CCN(C(=O)CN(CC(=O)N(CC)c1c(N)n(Cc2ccccc2)c(=O)[nH]c1=O)Cc1ccco1)c1c(N)n(Cc2ccccc2)c(=O)[nH]c1=O. The molecule has 51 heavy (non-hydrogen) atoms. The van der Waals surface area contributed by atoms with Crippen LogP contribution >= 0.6 is 0 Å². The molecule has 0 spiro atoms. The third-order valence-electron chi connectivity index (χ3n) is 8.25. The molecule has 2 aromatic carbocycles. The molecule has 5 aromatic rings. The lowest BCUT2D eigenvalue weighted by molar-refractivity contribution is -0.122. The van der Waals surface area contributed by atoms with Crippen molar-refractivity contribution in [3.63, 3.8) is 0 Å². The predicted molar refractivity (Wildman–Crippen MR) is 193 cm³/mol. The van der Waals surface area contributed by atoms with Gasteiger partial charge in [-0.3, -0.25) is 43.2 Å². The number of furan rings is 1. The van der Waals surface area contributed by atoms with Crippen LogP contribution in [0.2, 0.25) is 0 Å². The molecule has 16 nitrogen and oxygen atoms in total. The Balaban J connectivity index is 1.44. The molecule has 0 bridgehead atoms. The monoisotopic (exact) mass is 697 g/mol. The highest BCUT2D eigenvalue weighted by atomic mass is 16.3. The zero-order valence-corrected chi connectivity index (χ0v) is 28.2. The molecule has 3 aromatic heterocycles. The highest BCUT2D eigenvalue weighted by molar-refractivity contribution is 5.99. The van der Waals surface area contributed by atoms with E-state index in [1.165, 1.54) is 20.3 Å². The van der Waals surface area contributed by atoms with Gasteiger partial charge in [-0.2, -0.15) is 0 Å². The van der Waals surface area contributed by atoms with Gasteiger partial charge in [-0.25, -0.2) is 9.59 Å². The third-order valence-corrected chi connectivity index (χ3v) is 8.25. The van der Waals surface area contributed by atoms with Crippen LogP contribution < -0.4 is 43.8 Å². The first kappa shape index (κ1) is 35.9. The summed E-state index contributed by atoms with van der Waals surface area (Å²) in [5.41, 5.74) is 10.7. The fraction of sp³-hybridized carbons (Fsp3) is 0.257. The molecular formula is C35H39N9O7. The van der Waals surface area contributed by atoms with Crippen molar-refractivity contribution in [1.29, 1.82) is 0 Å². The van der Waals surface area contributed by atoms with Gasteiger partial charge in [-0.1, -0.05) is 60.7 Å². The van der Waals surface area contributed by atoms with E-state index in [2.05, 4.69) is 9.97 Å². The van der Waals surface area contributed by atoms with Gasteiger partial charge in [0.25, 0.3) is 11.1 Å². The number of nitrogens with zero attached hydrogens (tertiary/aromatic N) is 5. The van der Waals surface area contributed by atoms with Crippen LogP contribution in [0.25, 0.3) is 0 Å². The minimum absolute atomic E-state index is 0.00171. The van der Waals surface area contributed by atoms with Crippen molar-refractivity contribution >= 4 is 34.8 Å². The van der Waals surface area contributed by atoms with Crippen LogP contribution in [0.15, 0.2) is 103 Å². The number of hydrogen-bond donors (Lipinski definition) is 4. The minimum atomic E-state index is -0.844. The molecule has 0 aliphatic heterocycles. The average Bonchev–Trinajstić information content (AvgIpc) is 3.62. The van der Waals surface area contributed by atoms with E-state index >= 15 is 0 Å². The summed E-state index contributed by atoms with van der Waals surface area (Å²) < 4.78 is 7.84. The van der Waals surface area contributed by atoms with E-state index in [9.17, 15) is 28.8 Å². The normalized spacial score (nSPS) is 11.1. The number of H-pyrrole nitrogens is 2. The van der Waals surface area contributed by atoms with Crippen molar-refractivity contribution in [1.82, 2.24) is 24.0 Å². The number of likely N-dealkylation sites (N-methyl/N-ethyl adjacent to an activating group) is 2. The molecule has 0 unspecified atom stereocenters. The molecule has 0 saturated carbocycles. The van der Waals surface area contributed by atoms with Gasteiger partial charge in [-0.05, 0) is 37.1 Å². The molecule has 0 aliphatic rings. The standard InChI is InChI=1S/C35H39N9O7/c1-3-41(28-30(36)43(34(49)38-32(28)47)18-23-12-7-5-8-13-23)26(45)21-40(20-25-16-11-17-51-25)22-27(46)42(4-2)29-31(37)44(35(50)39-33(29)48)19-24-14-9-6-10-15-24/h5-17H,3-4,18-22,36-37H2,1-2H3,(H,38,47,49)(H,39,48,50). The summed E-state index contributed by atoms with van der Waals surface area (Å²) in [7, 11) is 0. The van der Waals surface area contributed by atoms with Gasteiger partial charge in [-0.15, -0.1) is 0 Å². The van der Waals surface area contributed by atoms with Crippen molar-refractivity contribution in [2.75, 3.05) is 47.4 Å². The van der Waals surface area contributed by atoms with Crippen LogP contribution in [-0.2, 0) is 29.2 Å². The van der Waals surface area contributed by atoms with Crippen LogP contribution in [0, 0.1) is 0 Å². The highest BCUT2D eigenvalue weighted by Crippen LogP contribution is 2.21. The van der Waals surface area contributed by atoms with Crippen molar-refractivity contribution in [3.8, 4) is 0 Å². The second-order valence-electron chi connectivity index (χ2n) is 11.6. The van der Waals surface area contributed by atoms with Crippen LogP contribution in [0.3, 0.4) is 0 Å². The molecule has 0 atom stereocenters. The lowest BCUT2D eigenvalue weighted by Gasteiger charge is -2.29. The van der Waals surface area contributed by atoms with E-state index in [-0.39, 0.29) is 55.7 Å². The van der Waals surface area contributed by atoms with E-state index in [4.69, 9.17) is 15.9 Å². The molecule has 5 rings (SSSR count). The third kappa shape index (κ3) is 8.08. The van der Waals surface area contributed by atoms with E-state index in [0.717, 1.165) is 20.9 Å². The second kappa shape index (κ2) is 15.9. The summed E-state index contributed by atoms with van der Waals surface area (Å²) in [6.45, 7) is 2.61. The number of anilines is 4. The Labute approximate surface area is 291 Å². The molecule has 3 heterocycles. The summed E-state index contributed by atoms with van der Waals surface area (Å²) in [6.07, 6.45) is 1.44. The van der Waals surface area contributed by atoms with E-state index in [1.807, 2.05) is 12.1 Å². The number of hydrogen-bond acceptors (Lipinski definition) is 10. The molecule has 2 amide bonds. The molecule has 0 saturated heterocycles. The van der Waals surface area contributed by atoms with Crippen LogP contribution in [0.4, 0.5) is 23.0 Å². The van der Waals surface area contributed by atoms with Crippen molar-refractivity contribution in [2.45, 2.75) is 33.5 Å². The average molecular weight is 698 g/mol. The largest absolute Gasteiger partial charge is 0.468 e. The minimum Gasteiger partial charge on any atom is -0.468 e. The van der Waals surface area contributed by atoms with Crippen molar-refractivity contribution in [2.24, 2.45) is 0 Å². The lowest BCUT2D eigenvalue weighted by Crippen LogP contribution is -2.48. The lowest BCUT2D eigenvalue weighted by atomic mass is 10.2.